The van der Waals surface area contributed by atoms with E-state index < -0.39 is 0 Å². The fourth-order valence-electron chi connectivity index (χ4n) is 1.03. The number of aryl methyl sites for hydroxylation is 1. The van der Waals surface area contributed by atoms with Crippen LogP contribution in [0.15, 0.2) is 24.3 Å². The molecule has 0 heterocycles. The lowest BCUT2D eigenvalue weighted by atomic mass is 10.1. The van der Waals surface area contributed by atoms with Crippen molar-refractivity contribution in [2.75, 3.05) is 0 Å². The molecule has 12 heavy (non-hydrogen) atoms. The van der Waals surface area contributed by atoms with Crippen LogP contribution in [0, 0.1) is 12.7 Å². The topological polar surface area (TPSA) is 0 Å². The number of rotatable bonds is 2. The van der Waals surface area contributed by atoms with Crippen molar-refractivity contribution in [3.63, 3.8) is 0 Å². The van der Waals surface area contributed by atoms with Gasteiger partial charge in [-0.1, -0.05) is 25.1 Å². The van der Waals surface area contributed by atoms with Gasteiger partial charge in [0.2, 0.25) is 0 Å². The number of halogens is 1. The number of hydrogen-bond acceptors (Lipinski definition) is 0. The average Bonchev–Trinajstić information content (AvgIpc) is 2.07. The summed E-state index contributed by atoms with van der Waals surface area (Å²) in [4.78, 5) is 0. The van der Waals surface area contributed by atoms with Gasteiger partial charge in [-0.25, -0.2) is 4.39 Å². The molecule has 0 bridgehead atoms. The highest BCUT2D eigenvalue weighted by atomic mass is 19.1. The van der Waals surface area contributed by atoms with Crippen LogP contribution in [0.2, 0.25) is 0 Å². The minimum Gasteiger partial charge on any atom is -0.207 e. The summed E-state index contributed by atoms with van der Waals surface area (Å²) in [6, 6.07) is 5.14. The second-order valence-corrected chi connectivity index (χ2v) is 2.82. The molecule has 0 aliphatic rings. The second kappa shape index (κ2) is 4.05. The molecule has 1 aromatic carbocycles. The maximum Gasteiger partial charge on any atom is 0.126 e. The maximum absolute atomic E-state index is 12.8. The molecule has 0 spiro atoms. The zero-order valence-corrected chi connectivity index (χ0v) is 7.47. The third kappa shape index (κ3) is 2.19. The van der Waals surface area contributed by atoms with Crippen molar-refractivity contribution in [1.29, 1.82) is 0 Å². The van der Waals surface area contributed by atoms with E-state index in [4.69, 9.17) is 0 Å². The van der Waals surface area contributed by atoms with Gasteiger partial charge < -0.3 is 0 Å². The van der Waals surface area contributed by atoms with Crippen molar-refractivity contribution in [1.82, 2.24) is 0 Å². The van der Waals surface area contributed by atoms with E-state index in [9.17, 15) is 4.39 Å². The Morgan fingerprint density at radius 1 is 1.42 bits per heavy atom. The quantitative estimate of drug-likeness (QED) is 0.627. The highest BCUT2D eigenvalue weighted by Gasteiger charge is 1.94. The van der Waals surface area contributed by atoms with Gasteiger partial charge in [0.15, 0.2) is 0 Å². The normalized spacial score (nSPS) is 10.9. The molecule has 64 valence electrons. The van der Waals surface area contributed by atoms with Crippen LogP contribution in [0.3, 0.4) is 0 Å². The Labute approximate surface area is 72.7 Å². The van der Waals surface area contributed by atoms with Gasteiger partial charge in [-0.2, -0.15) is 0 Å². The van der Waals surface area contributed by atoms with Crippen LogP contribution in [-0.4, -0.2) is 0 Å². The standard InChI is InChI=1S/C11H13F/c1-3-4-5-10-6-7-11(12)9(2)8-10/h4-8H,3H2,1-2H3. The summed E-state index contributed by atoms with van der Waals surface area (Å²) in [6.07, 6.45) is 5.08. The number of allylic oxidation sites excluding steroid dienone is 1. The van der Waals surface area contributed by atoms with Gasteiger partial charge in [-0.05, 0) is 36.6 Å². The lowest BCUT2D eigenvalue weighted by Gasteiger charge is -1.97. The van der Waals surface area contributed by atoms with E-state index in [-0.39, 0.29) is 5.82 Å². The minimum absolute atomic E-state index is 0.136. The van der Waals surface area contributed by atoms with E-state index in [0.717, 1.165) is 12.0 Å². The molecule has 1 heteroatoms. The third-order valence-corrected chi connectivity index (χ3v) is 1.73. The van der Waals surface area contributed by atoms with Crippen molar-refractivity contribution < 1.29 is 4.39 Å². The molecule has 0 saturated heterocycles. The van der Waals surface area contributed by atoms with Crippen LogP contribution in [0.25, 0.3) is 6.08 Å². The molecular weight excluding hydrogens is 151 g/mol. The Kier molecular flexibility index (Phi) is 3.03. The molecule has 0 N–H and O–H groups in total. The van der Waals surface area contributed by atoms with Crippen LogP contribution in [-0.2, 0) is 0 Å². The zero-order valence-electron chi connectivity index (χ0n) is 7.47. The van der Waals surface area contributed by atoms with E-state index in [1.165, 1.54) is 6.07 Å². The number of benzene rings is 1. The molecule has 1 aromatic rings. The maximum atomic E-state index is 12.8. The van der Waals surface area contributed by atoms with Crippen LogP contribution >= 0.6 is 0 Å². The minimum atomic E-state index is -0.136. The van der Waals surface area contributed by atoms with E-state index in [0.29, 0.717) is 5.56 Å². The Morgan fingerprint density at radius 2 is 2.17 bits per heavy atom. The molecule has 0 fully saturated rings. The average molecular weight is 164 g/mol. The van der Waals surface area contributed by atoms with Gasteiger partial charge >= 0.3 is 0 Å². The Bertz CT molecular complexity index is 287. The Balaban J connectivity index is 2.89. The summed E-state index contributed by atoms with van der Waals surface area (Å²) in [6.45, 7) is 3.85. The molecule has 0 aliphatic carbocycles. The van der Waals surface area contributed by atoms with E-state index >= 15 is 0 Å². The van der Waals surface area contributed by atoms with Crippen LogP contribution in [0.1, 0.15) is 24.5 Å². The highest BCUT2D eigenvalue weighted by molar-refractivity contribution is 5.50. The summed E-state index contributed by atoms with van der Waals surface area (Å²) in [5.41, 5.74) is 1.77. The van der Waals surface area contributed by atoms with Crippen molar-refractivity contribution in [3.8, 4) is 0 Å². The van der Waals surface area contributed by atoms with E-state index in [1.54, 1.807) is 13.0 Å². The predicted molar refractivity (Wildman–Crippen MR) is 50.5 cm³/mol. The molecule has 0 aromatic heterocycles. The first-order valence-electron chi connectivity index (χ1n) is 4.16. The molecule has 0 radical (unpaired) electrons. The smallest absolute Gasteiger partial charge is 0.126 e. The molecule has 0 aliphatic heterocycles. The lowest BCUT2D eigenvalue weighted by molar-refractivity contribution is 0.618. The summed E-state index contributed by atoms with van der Waals surface area (Å²) in [5, 5.41) is 0. The van der Waals surface area contributed by atoms with Gasteiger partial charge in [0.25, 0.3) is 0 Å². The van der Waals surface area contributed by atoms with Crippen molar-refractivity contribution in [3.05, 3.63) is 41.2 Å². The summed E-state index contributed by atoms with van der Waals surface area (Å²) in [7, 11) is 0. The van der Waals surface area contributed by atoms with E-state index in [1.807, 2.05) is 12.1 Å². The Morgan fingerprint density at radius 3 is 2.75 bits per heavy atom. The Hall–Kier alpha value is -1.11. The van der Waals surface area contributed by atoms with E-state index in [2.05, 4.69) is 13.0 Å². The monoisotopic (exact) mass is 164 g/mol. The molecule has 0 nitrogen and oxygen atoms in total. The van der Waals surface area contributed by atoms with Gasteiger partial charge in [0, 0.05) is 0 Å². The molecule has 0 amide bonds. The highest BCUT2D eigenvalue weighted by Crippen LogP contribution is 2.10. The molecule has 1 rings (SSSR count). The van der Waals surface area contributed by atoms with Crippen molar-refractivity contribution in [2.24, 2.45) is 0 Å². The summed E-state index contributed by atoms with van der Waals surface area (Å²) < 4.78 is 12.8. The molecule has 0 saturated carbocycles. The van der Waals surface area contributed by atoms with Gasteiger partial charge in [0.1, 0.15) is 5.82 Å². The first kappa shape index (κ1) is 8.98. The number of hydrogen-bond donors (Lipinski definition) is 0. The molecule has 0 atom stereocenters. The summed E-state index contributed by atoms with van der Waals surface area (Å²) >= 11 is 0. The zero-order chi connectivity index (χ0) is 8.97. The van der Waals surface area contributed by atoms with Crippen LogP contribution in [0.5, 0.6) is 0 Å². The predicted octanol–water partition coefficient (Wildman–Crippen LogP) is 3.56. The molecule has 0 unspecified atom stereocenters. The van der Waals surface area contributed by atoms with Crippen LogP contribution in [0.4, 0.5) is 4.39 Å². The van der Waals surface area contributed by atoms with Crippen molar-refractivity contribution >= 4 is 6.08 Å². The lowest BCUT2D eigenvalue weighted by Crippen LogP contribution is -1.81. The SMILES string of the molecule is CCC=Cc1ccc(F)c(C)c1. The summed E-state index contributed by atoms with van der Waals surface area (Å²) in [5.74, 6) is -0.136. The third-order valence-electron chi connectivity index (χ3n) is 1.73. The molecular formula is C11H13F. The van der Waals surface area contributed by atoms with Gasteiger partial charge in [-0.3, -0.25) is 0 Å². The van der Waals surface area contributed by atoms with Gasteiger partial charge in [0.05, 0.1) is 0 Å². The first-order valence-corrected chi connectivity index (χ1v) is 4.16. The fourth-order valence-corrected chi connectivity index (χ4v) is 1.03. The van der Waals surface area contributed by atoms with Crippen molar-refractivity contribution in [2.45, 2.75) is 20.3 Å². The fraction of sp³-hybridized carbons (Fsp3) is 0.273. The van der Waals surface area contributed by atoms with Crippen LogP contribution < -0.4 is 0 Å². The first-order chi connectivity index (χ1) is 5.74. The van der Waals surface area contributed by atoms with Gasteiger partial charge in [-0.15, -0.1) is 0 Å². The largest absolute Gasteiger partial charge is 0.207 e. The second-order valence-electron chi connectivity index (χ2n) is 2.82.